The van der Waals surface area contributed by atoms with E-state index >= 15 is 0 Å². The van der Waals surface area contributed by atoms with Crippen molar-refractivity contribution in [3.63, 3.8) is 0 Å². The summed E-state index contributed by atoms with van der Waals surface area (Å²) in [6, 6.07) is 19.1. The maximum absolute atomic E-state index is 11.4. The molecule has 5 nitrogen and oxygen atoms in total. The minimum Gasteiger partial charge on any atom is -0.489 e. The Balaban J connectivity index is 0.000000386. The zero-order valence-corrected chi connectivity index (χ0v) is 23.5. The fraction of sp³-hybridized carbons (Fsp3) is 0.250. The van der Waals surface area contributed by atoms with Crippen molar-refractivity contribution < 1.29 is 19.2 Å². The van der Waals surface area contributed by atoms with E-state index in [2.05, 4.69) is 5.16 Å². The number of halogens is 2. The molecule has 1 N–H and O–H groups in total. The highest BCUT2D eigenvalue weighted by atomic mass is 35.5. The molecular formula is C32H31Cl2NO4. The van der Waals surface area contributed by atoms with Crippen LogP contribution in [0, 0.1) is 6.92 Å². The highest BCUT2D eigenvalue weighted by Gasteiger charge is 2.27. The minimum atomic E-state index is -0.914. The average molecular weight is 565 g/mol. The van der Waals surface area contributed by atoms with Gasteiger partial charge >= 0.3 is 5.97 Å². The molecule has 0 atom stereocenters. The van der Waals surface area contributed by atoms with E-state index in [9.17, 15) is 9.90 Å². The second kappa shape index (κ2) is 13.5. The molecule has 0 radical (unpaired) electrons. The van der Waals surface area contributed by atoms with E-state index in [4.69, 9.17) is 32.5 Å². The smallest absolute Gasteiger partial charge is 0.336 e. The Labute approximate surface area is 238 Å². The summed E-state index contributed by atoms with van der Waals surface area (Å²) in [5.41, 5.74) is 4.36. The molecule has 0 amide bonds. The van der Waals surface area contributed by atoms with Gasteiger partial charge < -0.3 is 14.4 Å². The van der Waals surface area contributed by atoms with E-state index in [1.54, 1.807) is 18.2 Å². The van der Waals surface area contributed by atoms with Gasteiger partial charge in [-0.2, -0.15) is 0 Å². The summed E-state index contributed by atoms with van der Waals surface area (Å²) in [5.74, 6) is 1.89. The number of aromatic nitrogens is 1. The molecule has 0 bridgehead atoms. The van der Waals surface area contributed by atoms with Crippen LogP contribution in [0.3, 0.4) is 0 Å². The maximum Gasteiger partial charge on any atom is 0.336 e. The van der Waals surface area contributed by atoms with Gasteiger partial charge in [0.1, 0.15) is 18.1 Å². The number of rotatable bonds is 8. The molecule has 3 aromatic carbocycles. The number of ether oxygens (including phenoxy) is 1. The van der Waals surface area contributed by atoms with Gasteiger partial charge in [0.05, 0.1) is 16.8 Å². The molecule has 1 heterocycles. The van der Waals surface area contributed by atoms with Crippen molar-refractivity contribution in [3.8, 4) is 16.9 Å². The lowest BCUT2D eigenvalue weighted by Gasteiger charge is -2.23. The molecule has 39 heavy (non-hydrogen) atoms. The van der Waals surface area contributed by atoms with Crippen LogP contribution in [0.15, 0.2) is 88.4 Å². The third kappa shape index (κ3) is 7.31. The van der Waals surface area contributed by atoms with Crippen molar-refractivity contribution in [1.29, 1.82) is 0 Å². The van der Waals surface area contributed by atoms with E-state index in [0.717, 1.165) is 62.5 Å². The van der Waals surface area contributed by atoms with Gasteiger partial charge in [0, 0.05) is 16.8 Å². The Kier molecular flexibility index (Phi) is 9.85. The predicted octanol–water partition coefficient (Wildman–Crippen LogP) is 9.27. The third-order valence-corrected chi connectivity index (χ3v) is 7.03. The summed E-state index contributed by atoms with van der Waals surface area (Å²) in [6.45, 7) is 4.23. The molecular weight excluding hydrogens is 533 g/mol. The summed E-state index contributed by atoms with van der Waals surface area (Å²) >= 11 is 10.8. The van der Waals surface area contributed by atoms with Gasteiger partial charge in [0.2, 0.25) is 0 Å². The minimum absolute atomic E-state index is 0.318. The summed E-state index contributed by atoms with van der Waals surface area (Å²) in [6.07, 6.45) is 9.03. The topological polar surface area (TPSA) is 72.6 Å². The summed E-state index contributed by atoms with van der Waals surface area (Å²) in [5, 5.41) is 15.9. The first kappa shape index (κ1) is 28.5. The number of aromatic carboxylic acids is 1. The van der Waals surface area contributed by atoms with Gasteiger partial charge in [-0.25, -0.2) is 4.79 Å². The first-order valence-electron chi connectivity index (χ1n) is 12.9. The number of carboxylic acid groups (broad SMARTS) is 1. The molecule has 0 saturated heterocycles. The zero-order chi connectivity index (χ0) is 27.8. The van der Waals surface area contributed by atoms with Crippen LogP contribution in [-0.4, -0.2) is 22.1 Å². The van der Waals surface area contributed by atoms with Gasteiger partial charge in [-0.3, -0.25) is 0 Å². The fourth-order valence-corrected chi connectivity index (χ4v) is 4.55. The molecule has 0 spiro atoms. The normalized spacial score (nSPS) is 13.7. The number of nitrogens with zero attached hydrogens (tertiary/aromatic N) is 1. The SMILES string of the molecule is C/C(Cl)=C\C=C/CCl.Cc1noc(C2CCC2)c1COc1ccc(-c2ccc3c(C(=O)O)cccc3c2)cc1. The van der Waals surface area contributed by atoms with Crippen LogP contribution in [-0.2, 0) is 6.61 Å². The number of fused-ring (bicyclic) bond motifs is 1. The van der Waals surface area contributed by atoms with Gasteiger partial charge in [0.15, 0.2) is 0 Å². The number of aryl methyl sites for hydroxylation is 1. The number of benzene rings is 3. The Morgan fingerprint density at radius 3 is 2.51 bits per heavy atom. The number of hydrogen-bond donors (Lipinski definition) is 1. The van der Waals surface area contributed by atoms with Crippen molar-refractivity contribution in [2.75, 3.05) is 5.88 Å². The largest absolute Gasteiger partial charge is 0.489 e. The summed E-state index contributed by atoms with van der Waals surface area (Å²) in [4.78, 5) is 11.4. The van der Waals surface area contributed by atoms with Gasteiger partial charge in [-0.05, 0) is 78.9 Å². The molecule has 0 aliphatic heterocycles. The van der Waals surface area contributed by atoms with Crippen molar-refractivity contribution in [2.24, 2.45) is 0 Å². The molecule has 202 valence electrons. The van der Waals surface area contributed by atoms with Crippen LogP contribution in [0.1, 0.15) is 59.5 Å². The average Bonchev–Trinajstić information content (AvgIpc) is 3.25. The Morgan fingerprint density at radius 2 is 1.87 bits per heavy atom. The number of carbonyl (C=O) groups is 1. The van der Waals surface area contributed by atoms with Crippen molar-refractivity contribution >= 4 is 39.9 Å². The second-order valence-electron chi connectivity index (χ2n) is 9.43. The predicted molar refractivity (Wildman–Crippen MR) is 158 cm³/mol. The fourth-order valence-electron chi connectivity index (χ4n) is 4.37. The second-order valence-corrected chi connectivity index (χ2v) is 10.3. The molecule has 4 aromatic rings. The molecule has 5 rings (SSSR count). The molecule has 0 unspecified atom stereocenters. The summed E-state index contributed by atoms with van der Waals surface area (Å²) in [7, 11) is 0. The Morgan fingerprint density at radius 1 is 1.13 bits per heavy atom. The van der Waals surface area contributed by atoms with Gasteiger partial charge in [-0.15, -0.1) is 11.6 Å². The third-order valence-electron chi connectivity index (χ3n) is 6.72. The first-order chi connectivity index (χ1) is 18.9. The standard InChI is InChI=1S/C26H23NO4.C6H8Cl2/c1-16-24(25(31-27-16)18-4-2-5-18)15-30-21-11-8-17(9-12-21)19-10-13-22-20(14-19)6-3-7-23(22)26(28)29;1-6(8)4-2-3-5-7/h3,6-14,18H,2,4-5,15H2,1H3,(H,28,29);2-4H,5H2,1H3/b;3-2-,6-4+. The highest BCUT2D eigenvalue weighted by molar-refractivity contribution is 6.29. The van der Waals surface area contributed by atoms with Crippen LogP contribution in [0.25, 0.3) is 21.9 Å². The molecule has 1 saturated carbocycles. The van der Waals surface area contributed by atoms with Crippen molar-refractivity contribution in [3.05, 3.63) is 107 Å². The van der Waals surface area contributed by atoms with E-state index < -0.39 is 5.97 Å². The van der Waals surface area contributed by atoms with Gasteiger partial charge in [-0.1, -0.05) is 71.7 Å². The molecule has 1 fully saturated rings. The zero-order valence-electron chi connectivity index (χ0n) is 22.0. The Hall–Kier alpha value is -3.54. The van der Waals surface area contributed by atoms with E-state index in [1.807, 2.05) is 74.5 Å². The van der Waals surface area contributed by atoms with Crippen molar-refractivity contribution in [1.82, 2.24) is 5.16 Å². The molecule has 7 heteroatoms. The highest BCUT2D eigenvalue weighted by Crippen LogP contribution is 2.39. The van der Waals surface area contributed by atoms with Crippen LogP contribution < -0.4 is 4.74 Å². The summed E-state index contributed by atoms with van der Waals surface area (Å²) < 4.78 is 11.6. The van der Waals surface area contributed by atoms with E-state index in [1.165, 1.54) is 6.42 Å². The quantitative estimate of drug-likeness (QED) is 0.171. The monoisotopic (exact) mass is 563 g/mol. The van der Waals surface area contributed by atoms with E-state index in [0.29, 0.717) is 24.0 Å². The van der Waals surface area contributed by atoms with Crippen LogP contribution >= 0.6 is 23.2 Å². The molecule has 1 aliphatic carbocycles. The van der Waals surface area contributed by atoms with Crippen LogP contribution in [0.5, 0.6) is 5.75 Å². The first-order valence-corrected chi connectivity index (χ1v) is 13.8. The van der Waals surface area contributed by atoms with E-state index in [-0.39, 0.29) is 0 Å². The number of alkyl halides is 1. The maximum atomic E-state index is 11.4. The molecule has 1 aromatic heterocycles. The van der Waals surface area contributed by atoms with Crippen LogP contribution in [0.4, 0.5) is 0 Å². The lowest BCUT2D eigenvalue weighted by atomic mass is 9.82. The number of carboxylic acids is 1. The number of allylic oxidation sites excluding steroid dienone is 4. The van der Waals surface area contributed by atoms with Crippen LogP contribution in [0.2, 0.25) is 0 Å². The van der Waals surface area contributed by atoms with Gasteiger partial charge in [0.25, 0.3) is 0 Å². The lowest BCUT2D eigenvalue weighted by molar-refractivity contribution is 0.0699. The number of hydrogen-bond acceptors (Lipinski definition) is 4. The Bertz CT molecular complexity index is 1480. The van der Waals surface area contributed by atoms with Crippen molar-refractivity contribution in [2.45, 2.75) is 45.6 Å². The molecule has 1 aliphatic rings. The lowest BCUT2D eigenvalue weighted by Crippen LogP contribution is -2.11.